The summed E-state index contributed by atoms with van der Waals surface area (Å²) in [4.78, 5) is 27.1. The van der Waals surface area contributed by atoms with Crippen molar-refractivity contribution in [3.05, 3.63) is 0 Å². The van der Waals surface area contributed by atoms with Crippen LogP contribution in [0.15, 0.2) is 0 Å². The van der Waals surface area contributed by atoms with E-state index in [-0.39, 0.29) is 45.6 Å². The van der Waals surface area contributed by atoms with Crippen molar-refractivity contribution in [2.45, 2.75) is 417 Å². The first-order valence-corrected chi connectivity index (χ1v) is 42.5. The molecule has 2 aliphatic heterocycles. The predicted molar refractivity (Wildman–Crippen MR) is 387 cm³/mol. The zero-order chi connectivity index (χ0) is 70.7. The highest BCUT2D eigenvalue weighted by Crippen LogP contribution is 2.33. The normalized spacial score (nSPS) is 21.6. The van der Waals surface area contributed by atoms with Crippen molar-refractivity contribution >= 4 is 32.6 Å². The summed E-state index contributed by atoms with van der Waals surface area (Å²) in [6, 6.07) is 0. The second-order valence-electron chi connectivity index (χ2n) is 27.9. The molecule has 97 heavy (non-hydrogen) atoms. The van der Waals surface area contributed by atoms with Crippen LogP contribution in [-0.2, 0) is 76.6 Å². The Morgan fingerprint density at radius 3 is 0.722 bits per heavy atom. The number of hydrogen-bond donors (Lipinski definition) is 4. The molecular formula is C75H146N2O18S2. The highest BCUT2D eigenvalue weighted by Gasteiger charge is 2.52. The van der Waals surface area contributed by atoms with Crippen LogP contribution in [0.2, 0.25) is 0 Å². The lowest BCUT2D eigenvalue weighted by molar-refractivity contribution is -0.301. The van der Waals surface area contributed by atoms with E-state index in [4.69, 9.17) is 46.3 Å². The lowest BCUT2D eigenvalue weighted by Gasteiger charge is -2.44. The Morgan fingerprint density at radius 1 is 0.309 bits per heavy atom. The largest absolute Gasteiger partial charge is 0.397 e. The first kappa shape index (κ1) is 91.4. The van der Waals surface area contributed by atoms with Gasteiger partial charge < -0.3 is 48.5 Å². The number of hydrogen-bond acceptors (Lipinski definition) is 16. The minimum absolute atomic E-state index is 0.0889. The van der Waals surface area contributed by atoms with Crippen molar-refractivity contribution < 1.29 is 81.8 Å². The number of nitrogens with one attached hydrogen (secondary N) is 2. The van der Waals surface area contributed by atoms with Crippen LogP contribution in [0.3, 0.4) is 0 Å². The van der Waals surface area contributed by atoms with Gasteiger partial charge in [-0.2, -0.15) is 16.8 Å². The van der Waals surface area contributed by atoms with Gasteiger partial charge in [0.25, 0.3) is 0 Å². The van der Waals surface area contributed by atoms with Crippen LogP contribution in [0, 0.1) is 0 Å². The molecule has 0 unspecified atom stereocenters. The standard InChI is InChI=1S/C75H146N2O18S2/c1-7-11-15-19-23-27-31-35-39-43-47-51-58-88-70-68(94-96(80,81)82)64(92-74(86-5)72(70)90-60-53-49-45-41-37-33-29-25-21-17-13-9-3)62-76-66(78)56-55-57-67(79)77-63-65-69(95-97(83,84)85)71(89-59-52-48-44-40-36-32-28-24-20-16-12-8-2)73(75(87-6)93-65)91-61-54-50-46-42-38-34-30-26-22-18-14-10-4/h64-65,68-75H,7-63H2,1-6H3,(H,76,78)(H,77,79)(H,80,81,82)(H,83,84,85)/t64-,65-,68-,69-,70+,71+,72-,73-,74+,75+/m1/s1. The fraction of sp³-hybridized carbons (Fsp3) is 0.973. The molecule has 576 valence electrons. The molecule has 2 amide bonds. The molecule has 10 atom stereocenters. The van der Waals surface area contributed by atoms with Crippen LogP contribution in [0.25, 0.3) is 0 Å². The van der Waals surface area contributed by atoms with Gasteiger partial charge in [0, 0.05) is 66.6 Å². The fourth-order valence-electron chi connectivity index (χ4n) is 13.4. The van der Waals surface area contributed by atoms with Gasteiger partial charge in [-0.1, -0.05) is 310 Å². The van der Waals surface area contributed by atoms with Crippen molar-refractivity contribution in [3.63, 3.8) is 0 Å². The quantitative estimate of drug-likeness (QED) is 0.0326. The summed E-state index contributed by atoms with van der Waals surface area (Å²) in [6.07, 6.45) is 44.7. The number of ether oxygens (including phenoxy) is 8. The fourth-order valence-corrected chi connectivity index (χ4v) is 14.4. The summed E-state index contributed by atoms with van der Waals surface area (Å²) in [6.45, 7) is 9.63. The third-order valence-electron chi connectivity index (χ3n) is 19.2. The molecule has 0 spiro atoms. The minimum Gasteiger partial charge on any atom is -0.372 e. The zero-order valence-electron chi connectivity index (χ0n) is 62.3. The molecule has 0 bridgehead atoms. The maximum Gasteiger partial charge on any atom is 0.397 e. The number of carbonyl (C=O) groups excluding carboxylic acids is 2. The van der Waals surface area contributed by atoms with Crippen LogP contribution in [0.5, 0.6) is 0 Å². The Morgan fingerprint density at radius 2 is 0.515 bits per heavy atom. The van der Waals surface area contributed by atoms with E-state index in [2.05, 4.69) is 38.3 Å². The number of amides is 2. The van der Waals surface area contributed by atoms with Gasteiger partial charge in [0.15, 0.2) is 12.6 Å². The van der Waals surface area contributed by atoms with Crippen molar-refractivity contribution in [2.24, 2.45) is 0 Å². The molecule has 0 aliphatic carbocycles. The second kappa shape index (κ2) is 61.8. The molecule has 22 heteroatoms. The predicted octanol–water partition coefficient (Wildman–Crippen LogP) is 17.9. The van der Waals surface area contributed by atoms with Gasteiger partial charge >= 0.3 is 20.8 Å². The zero-order valence-corrected chi connectivity index (χ0v) is 64.0. The number of carbonyl (C=O) groups is 2. The smallest absolute Gasteiger partial charge is 0.372 e. The van der Waals surface area contributed by atoms with E-state index in [1.807, 2.05) is 0 Å². The first-order valence-electron chi connectivity index (χ1n) is 39.8. The molecule has 0 aromatic rings. The van der Waals surface area contributed by atoms with Gasteiger partial charge in [0.1, 0.15) is 48.8 Å². The first-order chi connectivity index (χ1) is 47.1. The third-order valence-corrected chi connectivity index (χ3v) is 20.1. The van der Waals surface area contributed by atoms with E-state index in [1.165, 1.54) is 220 Å². The molecule has 2 saturated heterocycles. The Labute approximate surface area is 592 Å². The number of rotatable bonds is 70. The summed E-state index contributed by atoms with van der Waals surface area (Å²) >= 11 is 0. The Hall–Kier alpha value is -1.64. The van der Waals surface area contributed by atoms with E-state index >= 15 is 0 Å². The summed E-state index contributed by atoms with van der Waals surface area (Å²) in [5.74, 6) is -0.948. The average molecular weight is 1430 g/mol. The SMILES string of the molecule is CCCCCCCCCCCCCCO[C@@H]1[C@@H](OCCCCCCCCCCCCCC)[C@@H](OC)O[C@H](CNC(=O)CCCC(=O)NC[C@H]2O[C@H](OC)[C@H](OCCCCCCCCCCCCCC)[C@@H](OCCCCCCCCCCCCCC)[C@@H]2OS(=O)(=O)O)[C@H]1OS(=O)(=O)O. The second-order valence-corrected chi connectivity index (χ2v) is 30.0. The monoisotopic (exact) mass is 1430 g/mol. The highest BCUT2D eigenvalue weighted by molar-refractivity contribution is 7.81. The molecule has 2 aliphatic rings. The number of unbranched alkanes of at least 4 members (excludes halogenated alkanes) is 44. The van der Waals surface area contributed by atoms with Gasteiger partial charge in [0.2, 0.25) is 11.8 Å². The van der Waals surface area contributed by atoms with Crippen LogP contribution < -0.4 is 10.6 Å². The lowest BCUT2D eigenvalue weighted by Crippen LogP contribution is -2.63. The van der Waals surface area contributed by atoms with E-state index in [0.29, 0.717) is 26.1 Å². The Balaban J connectivity index is 2.11. The van der Waals surface area contributed by atoms with Crippen molar-refractivity contribution in [1.29, 1.82) is 0 Å². The molecule has 0 saturated carbocycles. The third kappa shape index (κ3) is 48.9. The van der Waals surface area contributed by atoms with Gasteiger partial charge in [-0.05, 0) is 32.1 Å². The van der Waals surface area contributed by atoms with E-state index in [0.717, 1.165) is 89.9 Å². The molecule has 2 fully saturated rings. The maximum absolute atomic E-state index is 13.5. The topological polar surface area (TPSA) is 259 Å². The number of methoxy groups -OCH3 is 2. The van der Waals surface area contributed by atoms with Crippen molar-refractivity contribution in [2.75, 3.05) is 53.7 Å². The minimum atomic E-state index is -5.06. The maximum atomic E-state index is 13.5. The van der Waals surface area contributed by atoms with Gasteiger partial charge in [0.05, 0.1) is 0 Å². The molecule has 4 N–H and O–H groups in total. The highest BCUT2D eigenvalue weighted by atomic mass is 32.3. The summed E-state index contributed by atoms with van der Waals surface area (Å²) in [7, 11) is -7.21. The molecular weight excluding hydrogens is 1280 g/mol. The summed E-state index contributed by atoms with van der Waals surface area (Å²) in [5, 5.41) is 5.58. The summed E-state index contributed by atoms with van der Waals surface area (Å²) in [5.41, 5.74) is 0. The van der Waals surface area contributed by atoms with Crippen LogP contribution >= 0.6 is 0 Å². The molecule has 2 heterocycles. The average Bonchev–Trinajstić information content (AvgIpc) is 0.809. The lowest BCUT2D eigenvalue weighted by atomic mass is 9.97. The van der Waals surface area contributed by atoms with E-state index in [9.17, 15) is 35.5 Å². The molecule has 2 rings (SSSR count). The van der Waals surface area contributed by atoms with Crippen molar-refractivity contribution in [3.8, 4) is 0 Å². The molecule has 20 nitrogen and oxygen atoms in total. The molecule has 0 aromatic heterocycles. The van der Waals surface area contributed by atoms with Crippen LogP contribution in [0.1, 0.15) is 355 Å². The summed E-state index contributed by atoms with van der Waals surface area (Å²) < 4.78 is 131. The molecule has 0 aromatic carbocycles. The van der Waals surface area contributed by atoms with Crippen LogP contribution in [0.4, 0.5) is 0 Å². The van der Waals surface area contributed by atoms with E-state index < -0.39 is 94.0 Å². The van der Waals surface area contributed by atoms with Gasteiger partial charge in [-0.25, -0.2) is 8.37 Å². The van der Waals surface area contributed by atoms with E-state index in [1.54, 1.807) is 0 Å². The van der Waals surface area contributed by atoms with Gasteiger partial charge in [-0.15, -0.1) is 0 Å². The van der Waals surface area contributed by atoms with Crippen LogP contribution in [-0.4, -0.2) is 153 Å². The Kier molecular flexibility index (Phi) is 58.3. The van der Waals surface area contributed by atoms with Gasteiger partial charge in [-0.3, -0.25) is 18.7 Å². The van der Waals surface area contributed by atoms with Crippen molar-refractivity contribution in [1.82, 2.24) is 10.6 Å². The molecule has 0 radical (unpaired) electrons. The Bertz CT molecular complexity index is 1910.